The van der Waals surface area contributed by atoms with Crippen LogP contribution in [0.25, 0.3) is 0 Å². The van der Waals surface area contributed by atoms with E-state index in [1.54, 1.807) is 12.5 Å². The van der Waals surface area contributed by atoms with Crippen LogP contribution in [0, 0.1) is 46.3 Å². The minimum Gasteiger partial charge on any atom is -0.462 e. The third-order valence-electron chi connectivity index (χ3n) is 10.6. The fourth-order valence-corrected chi connectivity index (χ4v) is 8.99. The molecule has 0 heterocycles. The van der Waals surface area contributed by atoms with Crippen LogP contribution in [0.4, 0.5) is 0 Å². The van der Waals surface area contributed by atoms with Crippen LogP contribution in [0.2, 0.25) is 0 Å². The molecule has 1 unspecified atom stereocenters. The van der Waals surface area contributed by atoms with E-state index in [1.807, 2.05) is 0 Å². The summed E-state index contributed by atoms with van der Waals surface area (Å²) in [4.78, 5) is 11.5. The van der Waals surface area contributed by atoms with Crippen molar-refractivity contribution in [3.8, 4) is 0 Å². The molecular weight excluding hydrogens is 380 g/mol. The number of hydrogen-bond donors (Lipinski definition) is 0. The molecule has 2 heteroatoms. The van der Waals surface area contributed by atoms with Crippen LogP contribution >= 0.6 is 0 Å². The van der Waals surface area contributed by atoms with Gasteiger partial charge in [0.2, 0.25) is 0 Å². The van der Waals surface area contributed by atoms with Gasteiger partial charge in [-0.2, -0.15) is 0 Å². The highest BCUT2D eigenvalue weighted by molar-refractivity contribution is 5.66. The average Bonchev–Trinajstić information content (AvgIpc) is 3.05. The van der Waals surface area contributed by atoms with Gasteiger partial charge in [0.05, 0.1) is 0 Å². The lowest BCUT2D eigenvalue weighted by Crippen LogP contribution is -2.51. The number of rotatable bonds is 6. The highest BCUT2D eigenvalue weighted by Gasteiger charge is 2.59. The Morgan fingerprint density at radius 2 is 1.84 bits per heavy atom. The lowest BCUT2D eigenvalue weighted by atomic mass is 9.47. The van der Waals surface area contributed by atoms with E-state index >= 15 is 0 Å². The summed E-state index contributed by atoms with van der Waals surface area (Å²) in [5.41, 5.74) is 2.53. The first-order chi connectivity index (χ1) is 14.6. The second kappa shape index (κ2) is 8.86. The van der Waals surface area contributed by atoms with E-state index in [2.05, 4.69) is 40.7 Å². The van der Waals surface area contributed by atoms with Gasteiger partial charge < -0.3 is 4.74 Å². The van der Waals surface area contributed by atoms with Crippen molar-refractivity contribution in [2.24, 2.45) is 46.3 Å². The van der Waals surface area contributed by atoms with Crippen molar-refractivity contribution in [2.45, 2.75) is 118 Å². The molecule has 3 fully saturated rings. The summed E-state index contributed by atoms with van der Waals surface area (Å²) in [6.07, 6.45) is 17.2. The van der Waals surface area contributed by atoms with Crippen molar-refractivity contribution < 1.29 is 9.53 Å². The van der Waals surface area contributed by atoms with Crippen LogP contribution < -0.4 is 0 Å². The molecule has 0 radical (unpaired) electrons. The summed E-state index contributed by atoms with van der Waals surface area (Å²) in [5.74, 6) is 5.19. The summed E-state index contributed by atoms with van der Waals surface area (Å²) in [6.45, 7) is 14.1. The fraction of sp³-hybridized carbons (Fsp3) is 0.897. The smallest absolute Gasteiger partial charge is 0.302 e. The van der Waals surface area contributed by atoms with E-state index in [1.165, 1.54) is 57.8 Å². The van der Waals surface area contributed by atoms with Crippen LogP contribution in [0.3, 0.4) is 0 Å². The molecule has 0 aromatic rings. The molecule has 0 N–H and O–H groups in total. The lowest BCUT2D eigenvalue weighted by Gasteiger charge is -2.58. The summed E-state index contributed by atoms with van der Waals surface area (Å²) in [6, 6.07) is 0. The maximum atomic E-state index is 11.5. The van der Waals surface area contributed by atoms with E-state index in [9.17, 15) is 4.79 Å². The molecule has 2 nitrogen and oxygen atoms in total. The molecule has 0 aromatic carbocycles. The average molecular weight is 429 g/mol. The molecule has 0 aromatic heterocycles. The zero-order valence-electron chi connectivity index (χ0n) is 21.2. The van der Waals surface area contributed by atoms with Crippen molar-refractivity contribution in [3.05, 3.63) is 11.6 Å². The SMILES string of the molecule is CC(=O)O[C@@H]1CC[C@@]2(C)C(=CC[C@@H]3C2CC[C@]2(C)[C@@H]([C@H](C)CCCC(C)C)CC[C@@H]32)C1. The van der Waals surface area contributed by atoms with Gasteiger partial charge in [-0.3, -0.25) is 4.79 Å². The Hall–Kier alpha value is -0.790. The summed E-state index contributed by atoms with van der Waals surface area (Å²) in [5, 5.41) is 0. The Balaban J connectivity index is 1.47. The zero-order valence-corrected chi connectivity index (χ0v) is 21.2. The molecule has 0 spiro atoms. The quantitative estimate of drug-likeness (QED) is 0.317. The van der Waals surface area contributed by atoms with Gasteiger partial charge in [0.15, 0.2) is 0 Å². The monoisotopic (exact) mass is 428 g/mol. The highest BCUT2D eigenvalue weighted by Crippen LogP contribution is 2.67. The Labute approximate surface area is 192 Å². The number of carbonyl (C=O) groups excluding carboxylic acids is 1. The molecule has 0 amide bonds. The third kappa shape index (κ3) is 4.26. The zero-order chi connectivity index (χ0) is 22.4. The van der Waals surface area contributed by atoms with Crippen LogP contribution in [0.5, 0.6) is 0 Å². The molecule has 176 valence electrons. The minimum atomic E-state index is -0.115. The molecule has 31 heavy (non-hydrogen) atoms. The van der Waals surface area contributed by atoms with Crippen molar-refractivity contribution in [2.75, 3.05) is 0 Å². The molecule has 0 bridgehead atoms. The second-order valence-electron chi connectivity index (χ2n) is 12.8. The Kier molecular flexibility index (Phi) is 6.68. The van der Waals surface area contributed by atoms with Crippen LogP contribution in [0.1, 0.15) is 112 Å². The van der Waals surface area contributed by atoms with Gasteiger partial charge in [0.1, 0.15) is 6.10 Å². The number of ether oxygens (including phenoxy) is 1. The van der Waals surface area contributed by atoms with Gasteiger partial charge in [0.25, 0.3) is 0 Å². The summed E-state index contributed by atoms with van der Waals surface area (Å²) >= 11 is 0. The topological polar surface area (TPSA) is 26.3 Å². The van der Waals surface area contributed by atoms with Crippen molar-refractivity contribution in [3.63, 3.8) is 0 Å². The first-order valence-electron chi connectivity index (χ1n) is 13.5. The molecule has 4 rings (SSSR count). The molecular formula is C29H48O2. The maximum absolute atomic E-state index is 11.5. The number of hydrogen-bond acceptors (Lipinski definition) is 2. The lowest BCUT2D eigenvalue weighted by molar-refractivity contribution is -0.148. The van der Waals surface area contributed by atoms with Crippen LogP contribution in [-0.4, -0.2) is 12.1 Å². The Morgan fingerprint density at radius 1 is 1.06 bits per heavy atom. The molecule has 0 aliphatic heterocycles. The standard InChI is InChI=1S/C29H48O2/c1-19(2)8-7-9-20(3)25-12-13-26-24-11-10-22-18-23(31-21(4)30)14-16-28(22,5)27(24)15-17-29(25,26)6/h10,19-20,23-27H,7-9,11-18H2,1-6H3/t20-,23-,24+,25-,26+,27?,28+,29-/m1/s1. The highest BCUT2D eigenvalue weighted by atomic mass is 16.5. The van der Waals surface area contributed by atoms with Crippen molar-refractivity contribution in [1.82, 2.24) is 0 Å². The van der Waals surface area contributed by atoms with Crippen LogP contribution in [-0.2, 0) is 9.53 Å². The van der Waals surface area contributed by atoms with E-state index in [4.69, 9.17) is 4.74 Å². The van der Waals surface area contributed by atoms with Gasteiger partial charge in [0, 0.05) is 13.3 Å². The Morgan fingerprint density at radius 3 is 2.55 bits per heavy atom. The third-order valence-corrected chi connectivity index (χ3v) is 10.6. The molecule has 4 aliphatic carbocycles. The molecule has 8 atom stereocenters. The first kappa shape index (κ1) is 23.4. The van der Waals surface area contributed by atoms with Crippen LogP contribution in [0.15, 0.2) is 11.6 Å². The van der Waals surface area contributed by atoms with E-state index in [0.717, 1.165) is 48.3 Å². The van der Waals surface area contributed by atoms with Gasteiger partial charge in [-0.25, -0.2) is 0 Å². The van der Waals surface area contributed by atoms with Gasteiger partial charge in [-0.15, -0.1) is 0 Å². The number of carbonyl (C=O) groups is 1. The molecule has 3 saturated carbocycles. The summed E-state index contributed by atoms with van der Waals surface area (Å²) < 4.78 is 5.61. The number of fused-ring (bicyclic) bond motifs is 5. The van der Waals surface area contributed by atoms with E-state index in [-0.39, 0.29) is 12.1 Å². The predicted molar refractivity (Wildman–Crippen MR) is 129 cm³/mol. The normalized spacial score (nSPS) is 42.9. The van der Waals surface area contributed by atoms with Gasteiger partial charge >= 0.3 is 5.97 Å². The largest absolute Gasteiger partial charge is 0.462 e. The van der Waals surface area contributed by atoms with Gasteiger partial charge in [-0.05, 0) is 91.3 Å². The van der Waals surface area contributed by atoms with E-state index < -0.39 is 0 Å². The Bertz CT molecular complexity index is 693. The maximum Gasteiger partial charge on any atom is 0.302 e. The second-order valence-corrected chi connectivity index (χ2v) is 12.8. The predicted octanol–water partition coefficient (Wildman–Crippen LogP) is 7.96. The molecule has 4 aliphatic rings. The number of esters is 1. The number of allylic oxidation sites excluding steroid dienone is 1. The minimum absolute atomic E-state index is 0.115. The summed E-state index contributed by atoms with van der Waals surface area (Å²) in [7, 11) is 0. The first-order valence-corrected chi connectivity index (χ1v) is 13.5. The van der Waals surface area contributed by atoms with E-state index in [0.29, 0.717) is 10.8 Å². The van der Waals surface area contributed by atoms with Crippen molar-refractivity contribution in [1.29, 1.82) is 0 Å². The van der Waals surface area contributed by atoms with Gasteiger partial charge in [-0.1, -0.05) is 65.5 Å². The molecule has 0 saturated heterocycles. The van der Waals surface area contributed by atoms with Crippen molar-refractivity contribution >= 4 is 5.97 Å². The fourth-order valence-electron chi connectivity index (χ4n) is 8.99.